The standard InChI is InChI=1S/C14H18FN3O3/c1-2-17(10-5-3-4-6-10)14(19)11-7-9(15)8-12(13(11)16)18(20)21/h7-8,10H,2-6,16H2,1H3. The fourth-order valence-electron chi connectivity index (χ4n) is 2.87. The number of hydrogen-bond donors (Lipinski definition) is 1. The second-order valence-electron chi connectivity index (χ2n) is 5.17. The molecule has 0 atom stereocenters. The zero-order chi connectivity index (χ0) is 15.6. The Hall–Kier alpha value is -2.18. The number of carbonyl (C=O) groups is 1. The number of nitro benzene ring substituents is 1. The Morgan fingerprint density at radius 3 is 2.62 bits per heavy atom. The van der Waals surface area contributed by atoms with Crippen molar-refractivity contribution < 1.29 is 14.1 Å². The van der Waals surface area contributed by atoms with E-state index in [1.807, 2.05) is 6.92 Å². The predicted octanol–water partition coefficient (Wildman–Crippen LogP) is 2.72. The van der Waals surface area contributed by atoms with Crippen LogP contribution in [0.4, 0.5) is 15.8 Å². The van der Waals surface area contributed by atoms with E-state index < -0.39 is 22.3 Å². The van der Waals surface area contributed by atoms with Gasteiger partial charge in [-0.1, -0.05) is 12.8 Å². The summed E-state index contributed by atoms with van der Waals surface area (Å²) < 4.78 is 13.5. The lowest BCUT2D eigenvalue weighted by Gasteiger charge is -2.28. The number of benzene rings is 1. The lowest BCUT2D eigenvalue weighted by Crippen LogP contribution is -2.39. The molecule has 0 aromatic heterocycles. The monoisotopic (exact) mass is 295 g/mol. The van der Waals surface area contributed by atoms with Gasteiger partial charge in [-0.3, -0.25) is 14.9 Å². The summed E-state index contributed by atoms with van der Waals surface area (Å²) in [6.07, 6.45) is 3.90. The van der Waals surface area contributed by atoms with Crippen molar-refractivity contribution in [3.8, 4) is 0 Å². The van der Waals surface area contributed by atoms with Crippen LogP contribution in [0.2, 0.25) is 0 Å². The first-order chi connectivity index (χ1) is 9.95. The van der Waals surface area contributed by atoms with Crippen LogP contribution in [-0.4, -0.2) is 28.3 Å². The maximum atomic E-state index is 13.5. The van der Waals surface area contributed by atoms with Crippen molar-refractivity contribution in [2.24, 2.45) is 0 Å². The molecule has 1 aromatic rings. The van der Waals surface area contributed by atoms with Crippen LogP contribution in [0.15, 0.2) is 12.1 Å². The van der Waals surface area contributed by atoms with Gasteiger partial charge in [0.25, 0.3) is 11.6 Å². The molecule has 6 nitrogen and oxygen atoms in total. The van der Waals surface area contributed by atoms with E-state index >= 15 is 0 Å². The smallest absolute Gasteiger partial charge is 0.295 e. The van der Waals surface area contributed by atoms with Gasteiger partial charge in [-0.2, -0.15) is 0 Å². The average molecular weight is 295 g/mol. The van der Waals surface area contributed by atoms with Crippen LogP contribution < -0.4 is 5.73 Å². The number of nitrogen functional groups attached to an aromatic ring is 1. The van der Waals surface area contributed by atoms with Crippen molar-refractivity contribution in [2.45, 2.75) is 38.6 Å². The Balaban J connectivity index is 2.39. The molecule has 114 valence electrons. The van der Waals surface area contributed by atoms with E-state index in [0.717, 1.165) is 37.8 Å². The first-order valence-corrected chi connectivity index (χ1v) is 7.00. The molecule has 1 saturated carbocycles. The second kappa shape index (κ2) is 6.07. The van der Waals surface area contributed by atoms with Crippen LogP contribution in [-0.2, 0) is 0 Å². The Morgan fingerprint density at radius 2 is 2.10 bits per heavy atom. The van der Waals surface area contributed by atoms with Crippen molar-refractivity contribution in [3.05, 3.63) is 33.6 Å². The molecule has 1 aliphatic carbocycles. The number of nitrogens with two attached hydrogens (primary N) is 1. The Kier molecular flexibility index (Phi) is 4.40. The van der Waals surface area contributed by atoms with Crippen LogP contribution in [0.1, 0.15) is 43.0 Å². The summed E-state index contributed by atoms with van der Waals surface area (Å²) in [7, 11) is 0. The van der Waals surface area contributed by atoms with Gasteiger partial charge in [0.05, 0.1) is 16.6 Å². The normalized spacial score (nSPS) is 15.1. The van der Waals surface area contributed by atoms with E-state index in [4.69, 9.17) is 5.73 Å². The highest BCUT2D eigenvalue weighted by molar-refractivity contribution is 6.01. The van der Waals surface area contributed by atoms with E-state index in [9.17, 15) is 19.3 Å². The summed E-state index contributed by atoms with van der Waals surface area (Å²) in [5.41, 5.74) is 4.72. The largest absolute Gasteiger partial charge is 0.393 e. The number of carbonyl (C=O) groups excluding carboxylic acids is 1. The molecule has 0 radical (unpaired) electrons. The van der Waals surface area contributed by atoms with Gasteiger partial charge in [-0.15, -0.1) is 0 Å². The minimum Gasteiger partial charge on any atom is -0.393 e. The van der Waals surface area contributed by atoms with Crippen molar-refractivity contribution in [1.29, 1.82) is 0 Å². The molecule has 0 heterocycles. The summed E-state index contributed by atoms with van der Waals surface area (Å²) in [4.78, 5) is 24.3. The van der Waals surface area contributed by atoms with E-state index in [0.29, 0.717) is 6.54 Å². The van der Waals surface area contributed by atoms with Gasteiger partial charge >= 0.3 is 0 Å². The van der Waals surface area contributed by atoms with E-state index in [2.05, 4.69) is 0 Å². The van der Waals surface area contributed by atoms with Crippen LogP contribution in [0.5, 0.6) is 0 Å². The molecule has 0 spiro atoms. The molecule has 0 bridgehead atoms. The van der Waals surface area contributed by atoms with Gasteiger partial charge in [-0.25, -0.2) is 4.39 Å². The zero-order valence-corrected chi connectivity index (χ0v) is 11.8. The van der Waals surface area contributed by atoms with Crippen molar-refractivity contribution in [1.82, 2.24) is 4.90 Å². The Labute approximate surface area is 121 Å². The Morgan fingerprint density at radius 1 is 1.48 bits per heavy atom. The summed E-state index contributed by atoms with van der Waals surface area (Å²) in [5.74, 6) is -1.27. The van der Waals surface area contributed by atoms with Gasteiger partial charge in [0.2, 0.25) is 0 Å². The van der Waals surface area contributed by atoms with Crippen LogP contribution >= 0.6 is 0 Å². The molecular weight excluding hydrogens is 277 g/mol. The molecule has 21 heavy (non-hydrogen) atoms. The molecule has 0 unspecified atom stereocenters. The summed E-state index contributed by atoms with van der Waals surface area (Å²) in [6.45, 7) is 2.30. The molecule has 1 amide bonds. The van der Waals surface area contributed by atoms with Crippen LogP contribution in [0.3, 0.4) is 0 Å². The maximum absolute atomic E-state index is 13.5. The van der Waals surface area contributed by atoms with Gasteiger partial charge in [0.15, 0.2) is 0 Å². The molecule has 7 heteroatoms. The quantitative estimate of drug-likeness (QED) is 0.525. The Bertz CT molecular complexity index is 571. The molecule has 2 N–H and O–H groups in total. The fourth-order valence-corrected chi connectivity index (χ4v) is 2.87. The molecule has 0 saturated heterocycles. The lowest BCUT2D eigenvalue weighted by molar-refractivity contribution is -0.384. The molecule has 1 fully saturated rings. The number of halogens is 1. The van der Waals surface area contributed by atoms with Crippen molar-refractivity contribution >= 4 is 17.3 Å². The summed E-state index contributed by atoms with van der Waals surface area (Å²) >= 11 is 0. The molecule has 0 aliphatic heterocycles. The molecule has 2 rings (SSSR count). The average Bonchev–Trinajstić information content (AvgIpc) is 2.95. The molecular formula is C14H18FN3O3. The molecule has 1 aromatic carbocycles. The van der Waals surface area contributed by atoms with Crippen molar-refractivity contribution in [2.75, 3.05) is 12.3 Å². The maximum Gasteiger partial charge on any atom is 0.295 e. The SMILES string of the molecule is CCN(C(=O)c1cc(F)cc([N+](=O)[O-])c1N)C1CCCC1. The number of nitro groups is 1. The fraction of sp³-hybridized carbons (Fsp3) is 0.500. The highest BCUT2D eigenvalue weighted by Crippen LogP contribution is 2.30. The number of nitrogens with zero attached hydrogens (tertiary/aromatic N) is 2. The van der Waals surface area contributed by atoms with E-state index in [1.54, 1.807) is 4.90 Å². The summed E-state index contributed by atoms with van der Waals surface area (Å²) in [6, 6.07) is 1.81. The first-order valence-electron chi connectivity index (χ1n) is 7.00. The highest BCUT2D eigenvalue weighted by Gasteiger charge is 2.29. The summed E-state index contributed by atoms with van der Waals surface area (Å²) in [5, 5.41) is 10.9. The third kappa shape index (κ3) is 2.96. The zero-order valence-electron chi connectivity index (χ0n) is 11.8. The number of anilines is 1. The first kappa shape index (κ1) is 15.2. The van der Waals surface area contributed by atoms with Gasteiger partial charge in [0, 0.05) is 12.6 Å². The third-order valence-electron chi connectivity index (χ3n) is 3.92. The van der Waals surface area contributed by atoms with Gasteiger partial charge in [-0.05, 0) is 25.8 Å². The number of hydrogen-bond acceptors (Lipinski definition) is 4. The van der Waals surface area contributed by atoms with Gasteiger partial charge < -0.3 is 10.6 Å². The minimum absolute atomic E-state index is 0.101. The lowest BCUT2D eigenvalue weighted by atomic mass is 10.1. The number of amides is 1. The van der Waals surface area contributed by atoms with Crippen LogP contribution in [0, 0.1) is 15.9 Å². The number of rotatable bonds is 4. The third-order valence-corrected chi connectivity index (χ3v) is 3.92. The second-order valence-corrected chi connectivity index (χ2v) is 5.17. The van der Waals surface area contributed by atoms with Crippen molar-refractivity contribution in [3.63, 3.8) is 0 Å². The van der Waals surface area contributed by atoms with E-state index in [-0.39, 0.29) is 17.3 Å². The van der Waals surface area contributed by atoms with Gasteiger partial charge in [0.1, 0.15) is 11.5 Å². The van der Waals surface area contributed by atoms with E-state index in [1.165, 1.54) is 0 Å². The minimum atomic E-state index is -0.832. The predicted molar refractivity (Wildman–Crippen MR) is 76.4 cm³/mol. The highest BCUT2D eigenvalue weighted by atomic mass is 19.1. The van der Waals surface area contributed by atoms with Crippen LogP contribution in [0.25, 0.3) is 0 Å². The molecule has 1 aliphatic rings. The topological polar surface area (TPSA) is 89.5 Å².